The number of hydrogen-bond acceptors (Lipinski definition) is 7. The Morgan fingerprint density at radius 3 is 2.68 bits per heavy atom. The second kappa shape index (κ2) is 6.86. The van der Waals surface area contributed by atoms with Crippen LogP contribution in [0.1, 0.15) is 24.6 Å². The van der Waals surface area contributed by atoms with Crippen LogP contribution < -0.4 is 11.2 Å². The molecule has 1 fully saturated rings. The predicted octanol–water partition coefficient (Wildman–Crippen LogP) is 0.0461. The van der Waals surface area contributed by atoms with Crippen molar-refractivity contribution in [1.82, 2.24) is 9.55 Å². The van der Waals surface area contributed by atoms with Gasteiger partial charge in [0.1, 0.15) is 12.8 Å². The largest absolute Gasteiger partial charge is 0.481 e. The van der Waals surface area contributed by atoms with Crippen LogP contribution in [-0.4, -0.2) is 36.7 Å². The number of rotatable bonds is 6. The summed E-state index contributed by atoms with van der Waals surface area (Å²) in [6.07, 6.45) is -0.317. The molecule has 1 aromatic rings. The maximum Gasteiger partial charge on any atom is 0.481 e. The Hall–Kier alpha value is -1.17. The number of aryl methyl sites for hydroxylation is 1. The van der Waals surface area contributed by atoms with Crippen LogP contribution >= 0.6 is 15.6 Å². The molecule has 12 nitrogen and oxygen atoms in total. The lowest BCUT2D eigenvalue weighted by Crippen LogP contribution is -2.35. The van der Waals surface area contributed by atoms with E-state index in [0.717, 1.165) is 4.57 Å². The molecule has 0 aromatic carbocycles. The van der Waals surface area contributed by atoms with Gasteiger partial charge in [0.25, 0.3) is 5.56 Å². The van der Waals surface area contributed by atoms with E-state index in [-0.39, 0.29) is 18.4 Å². The fraction of sp³-hybridized carbons (Fsp3) is 0.600. The Kier molecular flexibility index (Phi) is 5.53. The minimum absolute atomic E-state index is 0.0274. The minimum Gasteiger partial charge on any atom is -0.320 e. The molecule has 142 valence electrons. The number of phosphoric ester groups is 1. The Morgan fingerprint density at radius 1 is 1.44 bits per heavy atom. The summed E-state index contributed by atoms with van der Waals surface area (Å²) >= 11 is 0. The summed E-state index contributed by atoms with van der Waals surface area (Å²) in [4.78, 5) is 51.1. The van der Waals surface area contributed by atoms with E-state index in [1.165, 1.54) is 13.1 Å². The van der Waals surface area contributed by atoms with Crippen LogP contribution in [0.4, 0.5) is 4.39 Å². The lowest BCUT2D eigenvalue weighted by molar-refractivity contribution is -0.175. The van der Waals surface area contributed by atoms with Crippen LogP contribution in [0, 0.1) is 6.92 Å². The maximum absolute atomic E-state index is 14.5. The molecule has 1 unspecified atom stereocenters. The number of alkyl halides is 1. The number of aromatic amines is 1. The minimum atomic E-state index is -5.33. The average Bonchev–Trinajstić information content (AvgIpc) is 2.81. The summed E-state index contributed by atoms with van der Waals surface area (Å²) in [5, 5.41) is 0. The van der Waals surface area contributed by atoms with Crippen molar-refractivity contribution in [3.05, 3.63) is 32.6 Å². The third-order valence-corrected chi connectivity index (χ3v) is 5.35. The van der Waals surface area contributed by atoms with Gasteiger partial charge in [-0.3, -0.25) is 18.9 Å². The number of hydrogen-bond donors (Lipinski definition) is 4. The molecule has 1 aliphatic rings. The van der Waals surface area contributed by atoms with E-state index in [1.807, 2.05) is 4.98 Å². The Bertz CT molecular complexity index is 862. The molecule has 2 heterocycles. The molecule has 3 atom stereocenters. The first-order chi connectivity index (χ1) is 11.3. The van der Waals surface area contributed by atoms with Crippen LogP contribution in [0.3, 0.4) is 0 Å². The molecule has 0 saturated carbocycles. The molecule has 25 heavy (non-hydrogen) atoms. The third-order valence-electron chi connectivity index (χ3n) is 3.22. The van der Waals surface area contributed by atoms with E-state index in [1.54, 1.807) is 0 Å². The van der Waals surface area contributed by atoms with Gasteiger partial charge in [-0.25, -0.2) is 18.3 Å². The summed E-state index contributed by atoms with van der Waals surface area (Å²) in [7, 11) is -10.6. The first kappa shape index (κ1) is 20.1. The Balaban J connectivity index is 2.07. The van der Waals surface area contributed by atoms with E-state index in [4.69, 9.17) is 19.4 Å². The number of ether oxygens (including phenoxy) is 1. The molecule has 1 saturated heterocycles. The standard InChI is InChI=1S/C10H15FN2O10P2/c1-6-4-13(9(15)12-8(6)14)7-2-3-10(11,22-7)5-21-25(19,20)23-24(16,17)18/h4,7H,2-3,5H2,1H3,(H,19,20)(H,12,14,15)(H2,16,17,18)/t7-,10+/m1/s1. The van der Waals surface area contributed by atoms with Crippen LogP contribution in [-0.2, 0) is 22.7 Å². The zero-order valence-corrected chi connectivity index (χ0v) is 14.5. The van der Waals surface area contributed by atoms with Gasteiger partial charge in [-0.05, 0) is 13.3 Å². The van der Waals surface area contributed by atoms with Gasteiger partial charge in [-0.15, -0.1) is 0 Å². The monoisotopic (exact) mass is 404 g/mol. The van der Waals surface area contributed by atoms with Gasteiger partial charge < -0.3 is 19.4 Å². The lowest BCUT2D eigenvalue weighted by atomic mass is 10.2. The third kappa shape index (κ3) is 5.40. The van der Waals surface area contributed by atoms with Crippen LogP contribution in [0.25, 0.3) is 0 Å². The highest BCUT2D eigenvalue weighted by molar-refractivity contribution is 7.60. The number of phosphoric acid groups is 2. The Labute approximate surface area is 139 Å². The second-order valence-corrected chi connectivity index (χ2v) is 8.12. The highest BCUT2D eigenvalue weighted by atomic mass is 31.3. The molecular weight excluding hydrogens is 389 g/mol. The molecule has 15 heteroatoms. The summed E-state index contributed by atoms with van der Waals surface area (Å²) in [5.74, 6) is -2.61. The molecule has 0 bridgehead atoms. The fourth-order valence-electron chi connectivity index (χ4n) is 2.14. The smallest absolute Gasteiger partial charge is 0.320 e. The molecular formula is C10H15FN2O10P2. The van der Waals surface area contributed by atoms with Gasteiger partial charge in [0.15, 0.2) is 0 Å². The highest BCUT2D eigenvalue weighted by Crippen LogP contribution is 2.58. The van der Waals surface area contributed by atoms with Gasteiger partial charge in [-0.1, -0.05) is 0 Å². The predicted molar refractivity (Wildman–Crippen MR) is 78.2 cm³/mol. The van der Waals surface area contributed by atoms with Crippen molar-refractivity contribution in [1.29, 1.82) is 0 Å². The fourth-order valence-corrected chi connectivity index (χ4v) is 3.76. The number of halogens is 1. The number of nitrogens with zero attached hydrogens (tertiary/aromatic N) is 1. The van der Waals surface area contributed by atoms with Crippen LogP contribution in [0.2, 0.25) is 0 Å². The highest BCUT2D eigenvalue weighted by Gasteiger charge is 2.45. The average molecular weight is 404 g/mol. The van der Waals surface area contributed by atoms with Crippen molar-refractivity contribution in [2.75, 3.05) is 6.61 Å². The Morgan fingerprint density at radius 2 is 2.08 bits per heavy atom. The molecule has 0 radical (unpaired) electrons. The zero-order valence-electron chi connectivity index (χ0n) is 12.7. The van der Waals surface area contributed by atoms with E-state index < -0.39 is 45.6 Å². The van der Waals surface area contributed by atoms with Gasteiger partial charge >= 0.3 is 21.3 Å². The van der Waals surface area contributed by atoms with Crippen LogP contribution in [0.15, 0.2) is 15.8 Å². The van der Waals surface area contributed by atoms with Gasteiger partial charge in [0, 0.05) is 18.2 Å². The van der Waals surface area contributed by atoms with Crippen LogP contribution in [0.5, 0.6) is 0 Å². The van der Waals surface area contributed by atoms with E-state index in [0.29, 0.717) is 0 Å². The molecule has 1 aliphatic heterocycles. The molecule has 1 aromatic heterocycles. The van der Waals surface area contributed by atoms with Gasteiger partial charge in [-0.2, -0.15) is 4.31 Å². The number of H-pyrrole nitrogens is 1. The molecule has 0 amide bonds. The molecule has 4 N–H and O–H groups in total. The van der Waals surface area contributed by atoms with Crippen molar-refractivity contribution >= 4 is 15.6 Å². The summed E-state index contributed by atoms with van der Waals surface area (Å²) in [5.41, 5.74) is -1.25. The summed E-state index contributed by atoms with van der Waals surface area (Å²) in [6, 6.07) is 0. The first-order valence-corrected chi connectivity index (χ1v) is 9.76. The van der Waals surface area contributed by atoms with Gasteiger partial charge in [0.05, 0.1) is 0 Å². The summed E-state index contributed by atoms with van der Waals surface area (Å²) < 4.78 is 50.0. The van der Waals surface area contributed by atoms with E-state index in [2.05, 4.69) is 8.83 Å². The number of aromatic nitrogens is 2. The van der Waals surface area contributed by atoms with Crippen molar-refractivity contribution in [3.8, 4) is 0 Å². The SMILES string of the molecule is Cc1cn([C@H]2CC[C@@](F)(COP(=O)(O)OP(=O)(O)O)O2)c(=O)[nH]c1=O. The van der Waals surface area contributed by atoms with E-state index in [9.17, 15) is 23.1 Å². The van der Waals surface area contributed by atoms with Crippen molar-refractivity contribution in [2.24, 2.45) is 0 Å². The number of nitrogens with one attached hydrogen (secondary N) is 1. The topological polar surface area (TPSA) is 177 Å². The summed E-state index contributed by atoms with van der Waals surface area (Å²) in [6.45, 7) is 0.255. The van der Waals surface area contributed by atoms with E-state index >= 15 is 0 Å². The zero-order chi connectivity index (χ0) is 19.0. The van der Waals surface area contributed by atoms with Crippen molar-refractivity contribution in [2.45, 2.75) is 31.8 Å². The quantitative estimate of drug-likeness (QED) is 0.474. The maximum atomic E-state index is 14.5. The molecule has 0 spiro atoms. The molecule has 0 aliphatic carbocycles. The normalized spacial score (nSPS) is 26.5. The van der Waals surface area contributed by atoms with Crippen molar-refractivity contribution < 1.29 is 41.8 Å². The molecule has 2 rings (SSSR count). The lowest BCUT2D eigenvalue weighted by Gasteiger charge is -2.22. The van der Waals surface area contributed by atoms with Gasteiger partial charge in [0.2, 0.25) is 5.85 Å². The second-order valence-electron chi connectivity index (χ2n) is 5.29. The van der Waals surface area contributed by atoms with Crippen molar-refractivity contribution in [3.63, 3.8) is 0 Å². The first-order valence-electron chi connectivity index (χ1n) is 6.73.